The van der Waals surface area contributed by atoms with Gasteiger partial charge in [0.1, 0.15) is 11.0 Å². The van der Waals surface area contributed by atoms with Crippen LogP contribution in [-0.2, 0) is 0 Å². The summed E-state index contributed by atoms with van der Waals surface area (Å²) in [6, 6.07) is 5.23. The summed E-state index contributed by atoms with van der Waals surface area (Å²) in [6.07, 6.45) is 0. The quantitative estimate of drug-likeness (QED) is 0.341. The van der Waals surface area contributed by atoms with Crippen molar-refractivity contribution in [3.63, 3.8) is 0 Å². The molecule has 2 rings (SSSR count). The third-order valence-electron chi connectivity index (χ3n) is 2.45. The molecule has 0 saturated carbocycles. The van der Waals surface area contributed by atoms with Crippen molar-refractivity contribution in [1.29, 1.82) is 0 Å². The third kappa shape index (κ3) is 3.74. The highest BCUT2D eigenvalue weighted by atomic mass is 35.5. The number of carbonyl (C=O) groups excluding carboxylic acids is 1. The van der Waals surface area contributed by atoms with Crippen LogP contribution in [0.25, 0.3) is 0 Å². The lowest BCUT2D eigenvalue weighted by Gasteiger charge is -2.08. The second kappa shape index (κ2) is 6.44. The number of nitrogens with zero attached hydrogens (tertiary/aromatic N) is 1. The maximum atomic E-state index is 13.3. The first-order chi connectivity index (χ1) is 9.90. The molecule has 9 heteroatoms. The van der Waals surface area contributed by atoms with Crippen molar-refractivity contribution in [2.75, 3.05) is 10.7 Å². The molecule has 1 aromatic heterocycles. The Morgan fingerprint density at radius 2 is 1.76 bits per heavy atom. The highest BCUT2D eigenvalue weighted by Gasteiger charge is 2.12. The summed E-state index contributed by atoms with van der Waals surface area (Å²) in [6.45, 7) is 0. The molecule has 110 valence electrons. The number of hydrazine groups is 1. The van der Waals surface area contributed by atoms with Crippen LogP contribution in [0.5, 0.6) is 0 Å². The molecule has 4 N–H and O–H groups in total. The first kappa shape index (κ1) is 15.8. The topological polar surface area (TPSA) is 80.0 Å². The second-order valence-electron chi connectivity index (χ2n) is 3.92. The summed E-state index contributed by atoms with van der Waals surface area (Å²) < 4.78 is 13.3. The first-order valence-electron chi connectivity index (χ1n) is 5.51. The van der Waals surface area contributed by atoms with Crippen LogP contribution in [0.4, 0.5) is 15.9 Å². The predicted octanol–water partition coefficient (Wildman–Crippen LogP) is 3.72. The Labute approximate surface area is 134 Å². The summed E-state index contributed by atoms with van der Waals surface area (Å²) in [7, 11) is 0. The third-order valence-corrected chi connectivity index (χ3v) is 3.19. The molecule has 1 amide bonds. The Morgan fingerprint density at radius 3 is 2.33 bits per heavy atom. The fourth-order valence-corrected chi connectivity index (χ4v) is 2.23. The van der Waals surface area contributed by atoms with Crippen LogP contribution in [0.2, 0.25) is 15.2 Å². The van der Waals surface area contributed by atoms with E-state index in [1.807, 2.05) is 0 Å². The van der Waals surface area contributed by atoms with Gasteiger partial charge in [-0.05, 0) is 24.3 Å². The van der Waals surface area contributed by atoms with Crippen LogP contribution >= 0.6 is 34.8 Å². The van der Waals surface area contributed by atoms with E-state index < -0.39 is 11.7 Å². The van der Waals surface area contributed by atoms with Crippen LogP contribution in [0.15, 0.2) is 24.3 Å². The van der Waals surface area contributed by atoms with E-state index in [2.05, 4.69) is 15.7 Å². The van der Waals surface area contributed by atoms with E-state index in [1.54, 1.807) is 0 Å². The predicted molar refractivity (Wildman–Crippen MR) is 81.4 cm³/mol. The van der Waals surface area contributed by atoms with Gasteiger partial charge in [-0.3, -0.25) is 4.79 Å². The monoisotopic (exact) mass is 348 g/mol. The SMILES string of the molecule is NNc1cc(C(=O)Nc2cc(Cl)c(F)c(Cl)c2)cc(Cl)n1. The van der Waals surface area contributed by atoms with Crippen LogP contribution in [0.1, 0.15) is 10.4 Å². The van der Waals surface area contributed by atoms with Gasteiger partial charge in [0, 0.05) is 11.3 Å². The van der Waals surface area contributed by atoms with E-state index in [1.165, 1.54) is 24.3 Å². The van der Waals surface area contributed by atoms with E-state index in [4.69, 9.17) is 40.6 Å². The summed E-state index contributed by atoms with van der Waals surface area (Å²) >= 11 is 17.1. The smallest absolute Gasteiger partial charge is 0.255 e. The van der Waals surface area contributed by atoms with Crippen LogP contribution in [0.3, 0.4) is 0 Å². The van der Waals surface area contributed by atoms with Crippen molar-refractivity contribution in [3.8, 4) is 0 Å². The molecule has 0 atom stereocenters. The Morgan fingerprint density at radius 1 is 1.14 bits per heavy atom. The molecule has 0 radical (unpaired) electrons. The van der Waals surface area contributed by atoms with Gasteiger partial charge in [-0.2, -0.15) is 0 Å². The number of rotatable bonds is 3. The number of aromatic nitrogens is 1. The van der Waals surface area contributed by atoms with Gasteiger partial charge in [0.05, 0.1) is 10.0 Å². The number of halogens is 4. The highest BCUT2D eigenvalue weighted by molar-refractivity contribution is 6.35. The van der Waals surface area contributed by atoms with Crippen molar-refractivity contribution in [2.24, 2.45) is 5.84 Å². The average Bonchev–Trinajstić information content (AvgIpc) is 2.43. The number of nitrogens with one attached hydrogen (secondary N) is 2. The van der Waals surface area contributed by atoms with Gasteiger partial charge < -0.3 is 10.7 Å². The molecule has 0 fully saturated rings. The number of benzene rings is 1. The minimum atomic E-state index is -0.752. The molecule has 1 aromatic carbocycles. The fraction of sp³-hybridized carbons (Fsp3) is 0. The largest absolute Gasteiger partial charge is 0.322 e. The number of nitrogen functional groups attached to an aromatic ring is 1. The molecular formula is C12H8Cl3FN4O. The van der Waals surface area contributed by atoms with Gasteiger partial charge in [-0.1, -0.05) is 34.8 Å². The van der Waals surface area contributed by atoms with Gasteiger partial charge in [-0.15, -0.1) is 0 Å². The lowest BCUT2D eigenvalue weighted by atomic mass is 10.2. The van der Waals surface area contributed by atoms with Crippen LogP contribution in [0, 0.1) is 5.82 Å². The maximum Gasteiger partial charge on any atom is 0.255 e. The minimum Gasteiger partial charge on any atom is -0.322 e. The molecule has 0 spiro atoms. The molecular weight excluding hydrogens is 342 g/mol. The van der Waals surface area contributed by atoms with Crippen molar-refractivity contribution < 1.29 is 9.18 Å². The molecule has 0 saturated heterocycles. The molecule has 0 aliphatic carbocycles. The summed E-state index contributed by atoms with van der Waals surface area (Å²) in [5.41, 5.74) is 2.74. The number of hydrogen-bond donors (Lipinski definition) is 3. The number of anilines is 2. The van der Waals surface area contributed by atoms with Crippen molar-refractivity contribution in [2.45, 2.75) is 0 Å². The van der Waals surface area contributed by atoms with Crippen molar-refractivity contribution in [3.05, 3.63) is 50.8 Å². The minimum absolute atomic E-state index is 0.0887. The Bertz CT molecular complexity index is 688. The molecule has 21 heavy (non-hydrogen) atoms. The summed E-state index contributed by atoms with van der Waals surface area (Å²) in [5.74, 6) is 4.19. The zero-order valence-electron chi connectivity index (χ0n) is 10.3. The fourth-order valence-electron chi connectivity index (χ4n) is 1.53. The maximum absolute atomic E-state index is 13.3. The van der Waals surface area contributed by atoms with Gasteiger partial charge in [-0.25, -0.2) is 15.2 Å². The first-order valence-corrected chi connectivity index (χ1v) is 6.64. The van der Waals surface area contributed by atoms with Gasteiger partial charge in [0.15, 0.2) is 5.82 Å². The van der Waals surface area contributed by atoms with Gasteiger partial charge in [0.2, 0.25) is 0 Å². The number of nitrogens with two attached hydrogens (primary N) is 1. The molecule has 0 aliphatic rings. The molecule has 1 heterocycles. The molecule has 0 bridgehead atoms. The van der Waals surface area contributed by atoms with Gasteiger partial charge >= 0.3 is 0 Å². The van der Waals surface area contributed by atoms with E-state index >= 15 is 0 Å². The molecule has 5 nitrogen and oxygen atoms in total. The Hall–Kier alpha value is -1.60. The number of amides is 1. The molecule has 0 aliphatic heterocycles. The number of pyridine rings is 1. The van der Waals surface area contributed by atoms with E-state index in [-0.39, 0.29) is 32.3 Å². The number of carbonyl (C=O) groups is 1. The van der Waals surface area contributed by atoms with E-state index in [0.717, 1.165) is 0 Å². The standard InChI is InChI=1S/C12H8Cl3FN4O/c13-7-3-6(4-8(14)11(7)16)18-12(21)5-1-9(15)19-10(2-5)20-17/h1-4H,17H2,(H,18,21)(H,19,20). The molecule has 0 unspecified atom stereocenters. The van der Waals surface area contributed by atoms with Crippen LogP contribution in [-0.4, -0.2) is 10.9 Å². The summed E-state index contributed by atoms with van der Waals surface area (Å²) in [4.78, 5) is 15.9. The number of hydrogen-bond acceptors (Lipinski definition) is 4. The average molecular weight is 350 g/mol. The molecule has 2 aromatic rings. The van der Waals surface area contributed by atoms with Crippen LogP contribution < -0.4 is 16.6 Å². The Kier molecular flexibility index (Phi) is 4.84. The second-order valence-corrected chi connectivity index (χ2v) is 5.12. The normalized spacial score (nSPS) is 10.3. The van der Waals surface area contributed by atoms with Crippen molar-refractivity contribution in [1.82, 2.24) is 4.98 Å². The lowest BCUT2D eigenvalue weighted by Crippen LogP contribution is -2.14. The van der Waals surface area contributed by atoms with Gasteiger partial charge in [0.25, 0.3) is 5.91 Å². The van der Waals surface area contributed by atoms with E-state index in [9.17, 15) is 9.18 Å². The zero-order valence-corrected chi connectivity index (χ0v) is 12.5. The van der Waals surface area contributed by atoms with Crippen molar-refractivity contribution >= 4 is 52.2 Å². The zero-order chi connectivity index (χ0) is 15.6. The van der Waals surface area contributed by atoms with E-state index in [0.29, 0.717) is 0 Å². The summed E-state index contributed by atoms with van der Waals surface area (Å²) in [5, 5.41) is 2.21. The Balaban J connectivity index is 2.28. The highest BCUT2D eigenvalue weighted by Crippen LogP contribution is 2.27. The lowest BCUT2D eigenvalue weighted by molar-refractivity contribution is 0.102.